The van der Waals surface area contributed by atoms with Crippen LogP contribution in [0.5, 0.6) is 5.75 Å². The minimum atomic E-state index is 0.373. The van der Waals surface area contributed by atoms with E-state index >= 15 is 0 Å². The molecule has 0 atom stereocenters. The number of hydrogen-bond acceptors (Lipinski definition) is 7. The first-order chi connectivity index (χ1) is 13.1. The predicted octanol–water partition coefficient (Wildman–Crippen LogP) is 4.74. The fourth-order valence-corrected chi connectivity index (χ4v) is 3.80. The molecule has 0 radical (unpaired) electrons. The van der Waals surface area contributed by atoms with Crippen molar-refractivity contribution in [1.82, 2.24) is 15.0 Å². The van der Waals surface area contributed by atoms with Gasteiger partial charge in [-0.2, -0.15) is 0 Å². The lowest BCUT2D eigenvalue weighted by Crippen LogP contribution is -2.00. The minimum Gasteiger partial charge on any atom is -0.486 e. The van der Waals surface area contributed by atoms with Crippen molar-refractivity contribution in [1.29, 1.82) is 0 Å². The smallest absolute Gasteiger partial charge is 0.190 e. The Morgan fingerprint density at radius 2 is 1.89 bits per heavy atom. The van der Waals surface area contributed by atoms with Crippen molar-refractivity contribution in [3.8, 4) is 5.75 Å². The van der Waals surface area contributed by atoms with Gasteiger partial charge in [-0.3, -0.25) is 0 Å². The van der Waals surface area contributed by atoms with Crippen LogP contribution in [0.15, 0.2) is 58.7 Å². The molecule has 0 fully saturated rings. The largest absolute Gasteiger partial charge is 0.486 e. The Hall–Kier alpha value is -1.96. The van der Waals surface area contributed by atoms with Crippen LogP contribution >= 0.6 is 35.1 Å². The summed E-state index contributed by atoms with van der Waals surface area (Å²) in [5, 5.41) is 1.91. The minimum absolute atomic E-state index is 0.373. The van der Waals surface area contributed by atoms with Gasteiger partial charge in [0.2, 0.25) is 0 Å². The summed E-state index contributed by atoms with van der Waals surface area (Å²) in [6.07, 6.45) is 2.71. The molecule has 0 aliphatic carbocycles. The van der Waals surface area contributed by atoms with E-state index in [1.807, 2.05) is 48.7 Å². The fraction of sp³-hybridized carbons (Fsp3) is 0.211. The summed E-state index contributed by atoms with van der Waals surface area (Å²) < 4.78 is 5.75. The fourth-order valence-electron chi connectivity index (χ4n) is 2.28. The van der Waals surface area contributed by atoms with Gasteiger partial charge in [0.25, 0.3) is 0 Å². The van der Waals surface area contributed by atoms with Crippen LogP contribution in [0.4, 0.5) is 5.82 Å². The zero-order valence-electron chi connectivity index (χ0n) is 14.8. The number of thioether (sulfide) groups is 2. The molecule has 8 heteroatoms. The Morgan fingerprint density at radius 1 is 1.07 bits per heavy atom. The van der Waals surface area contributed by atoms with Crippen molar-refractivity contribution in [2.24, 2.45) is 0 Å². The Kier molecular flexibility index (Phi) is 7.20. The van der Waals surface area contributed by atoms with Gasteiger partial charge in [0, 0.05) is 17.5 Å². The molecule has 0 aliphatic heterocycles. The van der Waals surface area contributed by atoms with Crippen LogP contribution in [-0.4, -0.2) is 27.0 Å². The molecule has 0 amide bonds. The average Bonchev–Trinajstić information content (AvgIpc) is 2.67. The van der Waals surface area contributed by atoms with E-state index in [0.717, 1.165) is 28.5 Å². The Morgan fingerprint density at radius 3 is 2.63 bits per heavy atom. The third-order valence-electron chi connectivity index (χ3n) is 3.61. The van der Waals surface area contributed by atoms with Crippen LogP contribution < -0.4 is 10.5 Å². The molecule has 3 aromatic rings. The average molecular weight is 419 g/mol. The maximum atomic E-state index is 6.27. The van der Waals surface area contributed by atoms with Gasteiger partial charge in [-0.15, -0.1) is 11.8 Å². The third-order valence-corrected chi connectivity index (χ3v) is 5.36. The second-order valence-electron chi connectivity index (χ2n) is 5.58. The standard InChI is InChI=1S/C19H19ClN4OS2/c1-26-17-11-16(21)23-19(24-17)27-10-9-14-7-8-15(18(20)22-14)25-12-13-5-3-2-4-6-13/h2-8,11H,9-10,12H2,1H3,(H2,21,23,24). The number of halogens is 1. The lowest BCUT2D eigenvalue weighted by Gasteiger charge is -2.09. The number of rotatable bonds is 8. The van der Waals surface area contributed by atoms with Gasteiger partial charge in [-0.1, -0.05) is 53.7 Å². The zero-order chi connectivity index (χ0) is 19.1. The van der Waals surface area contributed by atoms with Crippen molar-refractivity contribution in [3.63, 3.8) is 0 Å². The summed E-state index contributed by atoms with van der Waals surface area (Å²) in [6.45, 7) is 0.460. The van der Waals surface area contributed by atoms with Gasteiger partial charge in [0.05, 0.1) is 0 Å². The Bertz CT molecular complexity index is 896. The molecule has 0 spiro atoms. The molecule has 2 aromatic heterocycles. The van der Waals surface area contributed by atoms with E-state index < -0.39 is 0 Å². The van der Waals surface area contributed by atoms with Crippen LogP contribution in [0.1, 0.15) is 11.3 Å². The molecule has 3 rings (SSSR count). The molecule has 0 saturated carbocycles. The molecule has 27 heavy (non-hydrogen) atoms. The maximum absolute atomic E-state index is 6.27. The van der Waals surface area contributed by atoms with E-state index in [4.69, 9.17) is 22.1 Å². The Balaban J connectivity index is 1.54. The van der Waals surface area contributed by atoms with E-state index in [1.54, 1.807) is 29.6 Å². The molecule has 0 saturated heterocycles. The summed E-state index contributed by atoms with van der Waals surface area (Å²) in [5.41, 5.74) is 7.78. The highest BCUT2D eigenvalue weighted by atomic mass is 35.5. The first kappa shape index (κ1) is 19.8. The lowest BCUT2D eigenvalue weighted by atomic mass is 10.2. The summed E-state index contributed by atoms with van der Waals surface area (Å²) in [5.74, 6) is 1.85. The number of aryl methyl sites for hydroxylation is 1. The maximum Gasteiger partial charge on any atom is 0.190 e. The molecule has 0 aliphatic rings. The first-order valence-corrected chi connectivity index (χ1v) is 10.9. The second-order valence-corrected chi connectivity index (χ2v) is 7.83. The first-order valence-electron chi connectivity index (χ1n) is 8.27. The van der Waals surface area contributed by atoms with Gasteiger partial charge in [0.1, 0.15) is 17.5 Å². The third kappa shape index (κ3) is 6.02. The number of ether oxygens (including phenoxy) is 1. The van der Waals surface area contributed by atoms with Gasteiger partial charge in [0.15, 0.2) is 16.1 Å². The molecule has 2 N–H and O–H groups in total. The van der Waals surface area contributed by atoms with E-state index in [9.17, 15) is 0 Å². The lowest BCUT2D eigenvalue weighted by molar-refractivity contribution is 0.305. The van der Waals surface area contributed by atoms with Crippen molar-refractivity contribution in [3.05, 3.63) is 64.9 Å². The molecule has 5 nitrogen and oxygen atoms in total. The molecule has 0 unspecified atom stereocenters. The predicted molar refractivity (Wildman–Crippen MR) is 113 cm³/mol. The normalized spacial score (nSPS) is 10.7. The van der Waals surface area contributed by atoms with Crippen LogP contribution in [0.2, 0.25) is 5.15 Å². The van der Waals surface area contributed by atoms with Gasteiger partial charge in [-0.25, -0.2) is 15.0 Å². The molecular formula is C19H19ClN4OS2. The topological polar surface area (TPSA) is 73.9 Å². The number of nitrogens with zero attached hydrogens (tertiary/aromatic N) is 3. The highest BCUT2D eigenvalue weighted by molar-refractivity contribution is 7.99. The summed E-state index contributed by atoms with van der Waals surface area (Å²) in [6, 6.07) is 15.5. The van der Waals surface area contributed by atoms with Crippen molar-refractivity contribution >= 4 is 40.9 Å². The summed E-state index contributed by atoms with van der Waals surface area (Å²) >= 11 is 9.36. The van der Waals surface area contributed by atoms with Crippen molar-refractivity contribution in [2.45, 2.75) is 23.2 Å². The van der Waals surface area contributed by atoms with E-state index in [2.05, 4.69) is 15.0 Å². The number of nitrogen functional groups attached to an aromatic ring is 1. The summed E-state index contributed by atoms with van der Waals surface area (Å²) in [4.78, 5) is 13.1. The quantitative estimate of drug-likeness (QED) is 0.245. The van der Waals surface area contributed by atoms with Crippen LogP contribution in [0.3, 0.4) is 0 Å². The zero-order valence-corrected chi connectivity index (χ0v) is 17.2. The highest BCUT2D eigenvalue weighted by Gasteiger charge is 2.07. The van der Waals surface area contributed by atoms with Gasteiger partial charge < -0.3 is 10.5 Å². The van der Waals surface area contributed by atoms with Crippen LogP contribution in [0, 0.1) is 0 Å². The van der Waals surface area contributed by atoms with Crippen molar-refractivity contribution < 1.29 is 4.74 Å². The van der Waals surface area contributed by atoms with Gasteiger partial charge >= 0.3 is 0 Å². The van der Waals surface area contributed by atoms with E-state index in [-0.39, 0.29) is 0 Å². The van der Waals surface area contributed by atoms with Crippen molar-refractivity contribution in [2.75, 3.05) is 17.7 Å². The van der Waals surface area contributed by atoms with Gasteiger partial charge in [-0.05, 0) is 30.4 Å². The highest BCUT2D eigenvalue weighted by Crippen LogP contribution is 2.25. The summed E-state index contributed by atoms with van der Waals surface area (Å²) in [7, 11) is 0. The van der Waals surface area contributed by atoms with Crippen LogP contribution in [0.25, 0.3) is 0 Å². The van der Waals surface area contributed by atoms with Crippen LogP contribution in [-0.2, 0) is 13.0 Å². The monoisotopic (exact) mass is 418 g/mol. The molecule has 1 aromatic carbocycles. The number of aromatic nitrogens is 3. The second kappa shape index (κ2) is 9.82. The van der Waals surface area contributed by atoms with E-state index in [0.29, 0.717) is 28.5 Å². The number of anilines is 1. The van der Waals surface area contributed by atoms with E-state index in [1.165, 1.54) is 0 Å². The number of hydrogen-bond donors (Lipinski definition) is 1. The number of pyridine rings is 1. The molecule has 140 valence electrons. The molecule has 0 bridgehead atoms. The number of benzene rings is 1. The molecular weight excluding hydrogens is 400 g/mol. The SMILES string of the molecule is CSc1cc(N)nc(SCCc2ccc(OCc3ccccc3)c(Cl)n2)n1. The Labute approximate surface area is 172 Å². The molecule has 2 heterocycles. The number of nitrogens with two attached hydrogens (primary N) is 1.